The van der Waals surface area contributed by atoms with Crippen molar-refractivity contribution in [3.8, 4) is 0 Å². The number of hydrogen-bond acceptors (Lipinski definition) is 6. The maximum atomic E-state index is 6.36. The standard InChI is InChI=1S/C23H24N6/c1-14(2)16-9-11-18(12-10-16)28-22-20(24)23(26-13-25-22)29-19-6-4-5-17-8-7-15(3)27-21(17)19/h4-14H,24H2,1-3H3,(H2,25,26,28,29). The Kier molecular flexibility index (Phi) is 4.99. The molecule has 0 aliphatic carbocycles. The fraction of sp³-hybridized carbons (Fsp3) is 0.174. The summed E-state index contributed by atoms with van der Waals surface area (Å²) in [7, 11) is 0. The second-order valence-corrected chi connectivity index (χ2v) is 7.34. The van der Waals surface area contributed by atoms with Crippen LogP contribution in [0.3, 0.4) is 0 Å². The van der Waals surface area contributed by atoms with E-state index in [1.807, 2.05) is 43.3 Å². The lowest BCUT2D eigenvalue weighted by molar-refractivity contribution is 0.867. The molecular weight excluding hydrogens is 360 g/mol. The minimum Gasteiger partial charge on any atom is -0.393 e. The van der Waals surface area contributed by atoms with Crippen molar-refractivity contribution in [2.45, 2.75) is 26.7 Å². The number of para-hydroxylation sites is 1. The highest BCUT2D eigenvalue weighted by Gasteiger charge is 2.11. The Hall–Kier alpha value is -3.67. The summed E-state index contributed by atoms with van der Waals surface area (Å²) in [6.45, 7) is 6.32. The Morgan fingerprint density at radius 3 is 2.31 bits per heavy atom. The second-order valence-electron chi connectivity index (χ2n) is 7.34. The van der Waals surface area contributed by atoms with Gasteiger partial charge in [-0.05, 0) is 42.7 Å². The van der Waals surface area contributed by atoms with Gasteiger partial charge in [-0.2, -0.15) is 0 Å². The zero-order chi connectivity index (χ0) is 20.4. The first-order chi connectivity index (χ1) is 14.0. The molecule has 0 unspecified atom stereocenters. The Labute approximate surface area is 170 Å². The van der Waals surface area contributed by atoms with Gasteiger partial charge in [0, 0.05) is 16.8 Å². The molecule has 146 valence electrons. The normalized spacial score (nSPS) is 11.0. The average molecular weight is 384 g/mol. The molecule has 2 aromatic carbocycles. The average Bonchev–Trinajstić information content (AvgIpc) is 2.72. The molecule has 0 bridgehead atoms. The van der Waals surface area contributed by atoms with E-state index in [4.69, 9.17) is 5.73 Å². The predicted octanol–water partition coefficient (Wildman–Crippen LogP) is 5.53. The lowest BCUT2D eigenvalue weighted by Crippen LogP contribution is -2.05. The van der Waals surface area contributed by atoms with Gasteiger partial charge in [0.25, 0.3) is 0 Å². The number of aryl methyl sites for hydroxylation is 1. The SMILES string of the molecule is Cc1ccc2cccc(Nc3ncnc(Nc4ccc(C(C)C)cc4)c3N)c2n1. The van der Waals surface area contributed by atoms with Crippen molar-refractivity contribution in [1.82, 2.24) is 15.0 Å². The lowest BCUT2D eigenvalue weighted by atomic mass is 10.0. The molecule has 2 heterocycles. The van der Waals surface area contributed by atoms with Crippen molar-refractivity contribution in [3.63, 3.8) is 0 Å². The number of benzene rings is 2. The molecule has 0 aliphatic rings. The highest BCUT2D eigenvalue weighted by atomic mass is 15.1. The van der Waals surface area contributed by atoms with Gasteiger partial charge in [-0.3, -0.25) is 4.98 Å². The van der Waals surface area contributed by atoms with Crippen molar-refractivity contribution in [1.29, 1.82) is 0 Å². The summed E-state index contributed by atoms with van der Waals surface area (Å²) in [6.07, 6.45) is 1.49. The molecule has 0 fully saturated rings. The fourth-order valence-electron chi connectivity index (χ4n) is 3.16. The van der Waals surface area contributed by atoms with Gasteiger partial charge in [-0.25, -0.2) is 9.97 Å². The molecule has 0 saturated heterocycles. The smallest absolute Gasteiger partial charge is 0.159 e. The van der Waals surface area contributed by atoms with Gasteiger partial charge in [0.1, 0.15) is 12.0 Å². The molecule has 0 saturated carbocycles. The van der Waals surface area contributed by atoms with E-state index >= 15 is 0 Å². The molecular formula is C23H24N6. The number of nitrogens with zero attached hydrogens (tertiary/aromatic N) is 3. The maximum Gasteiger partial charge on any atom is 0.159 e. The van der Waals surface area contributed by atoms with Gasteiger partial charge in [-0.15, -0.1) is 0 Å². The van der Waals surface area contributed by atoms with Crippen molar-refractivity contribution < 1.29 is 0 Å². The van der Waals surface area contributed by atoms with Crippen molar-refractivity contribution in [3.05, 3.63) is 72.2 Å². The third-order valence-corrected chi connectivity index (χ3v) is 4.84. The molecule has 4 N–H and O–H groups in total. The predicted molar refractivity (Wildman–Crippen MR) is 120 cm³/mol. The molecule has 0 atom stereocenters. The quantitative estimate of drug-likeness (QED) is 0.419. The third-order valence-electron chi connectivity index (χ3n) is 4.84. The third kappa shape index (κ3) is 3.96. The van der Waals surface area contributed by atoms with Crippen molar-refractivity contribution in [2.75, 3.05) is 16.4 Å². The number of hydrogen-bond donors (Lipinski definition) is 3. The van der Waals surface area contributed by atoms with E-state index in [0.717, 1.165) is 28.0 Å². The first-order valence-corrected chi connectivity index (χ1v) is 9.62. The summed E-state index contributed by atoms with van der Waals surface area (Å²) < 4.78 is 0. The lowest BCUT2D eigenvalue weighted by Gasteiger charge is -2.14. The molecule has 6 heteroatoms. The Morgan fingerprint density at radius 2 is 1.59 bits per heavy atom. The summed E-state index contributed by atoms with van der Waals surface area (Å²) >= 11 is 0. The minimum atomic E-state index is 0.449. The molecule has 4 aromatic rings. The molecule has 0 aliphatic heterocycles. The molecule has 4 rings (SSSR count). The largest absolute Gasteiger partial charge is 0.393 e. The van der Waals surface area contributed by atoms with Crippen LogP contribution in [0.25, 0.3) is 10.9 Å². The number of aromatic nitrogens is 3. The number of pyridine rings is 1. The van der Waals surface area contributed by atoms with Crippen LogP contribution in [-0.2, 0) is 0 Å². The zero-order valence-electron chi connectivity index (χ0n) is 16.8. The fourth-order valence-corrected chi connectivity index (χ4v) is 3.16. The summed E-state index contributed by atoms with van der Waals surface area (Å²) in [5, 5.41) is 7.65. The number of rotatable bonds is 5. The van der Waals surface area contributed by atoms with Crippen molar-refractivity contribution in [2.24, 2.45) is 0 Å². The van der Waals surface area contributed by atoms with E-state index in [1.54, 1.807) is 0 Å². The van der Waals surface area contributed by atoms with Crippen LogP contribution >= 0.6 is 0 Å². The monoisotopic (exact) mass is 384 g/mol. The highest BCUT2D eigenvalue weighted by Crippen LogP contribution is 2.31. The van der Waals surface area contributed by atoms with Gasteiger partial charge >= 0.3 is 0 Å². The highest BCUT2D eigenvalue weighted by molar-refractivity contribution is 5.93. The van der Waals surface area contributed by atoms with Gasteiger partial charge in [0.05, 0.1) is 11.2 Å². The summed E-state index contributed by atoms with van der Waals surface area (Å²) in [4.78, 5) is 13.3. The van der Waals surface area contributed by atoms with Crippen LogP contribution in [0.2, 0.25) is 0 Å². The molecule has 0 spiro atoms. The maximum absolute atomic E-state index is 6.36. The van der Waals surface area contributed by atoms with Crippen LogP contribution in [0.15, 0.2) is 60.9 Å². The van der Waals surface area contributed by atoms with E-state index in [1.165, 1.54) is 11.9 Å². The summed E-state index contributed by atoms with van der Waals surface area (Å²) in [6, 6.07) is 18.3. The van der Waals surface area contributed by atoms with Crippen molar-refractivity contribution >= 4 is 39.6 Å². The van der Waals surface area contributed by atoms with E-state index in [9.17, 15) is 0 Å². The van der Waals surface area contributed by atoms with Gasteiger partial charge in [0.2, 0.25) is 0 Å². The van der Waals surface area contributed by atoms with Gasteiger partial charge < -0.3 is 16.4 Å². The Balaban J connectivity index is 1.63. The second kappa shape index (κ2) is 7.75. The first-order valence-electron chi connectivity index (χ1n) is 9.62. The van der Waals surface area contributed by atoms with E-state index < -0.39 is 0 Å². The van der Waals surface area contributed by atoms with E-state index in [-0.39, 0.29) is 0 Å². The van der Waals surface area contributed by atoms with Gasteiger partial charge in [0.15, 0.2) is 11.6 Å². The van der Waals surface area contributed by atoms with E-state index in [0.29, 0.717) is 23.2 Å². The number of nitrogens with two attached hydrogens (primary N) is 1. The number of nitrogen functional groups attached to an aromatic ring is 1. The molecule has 2 aromatic heterocycles. The minimum absolute atomic E-state index is 0.449. The van der Waals surface area contributed by atoms with Crippen LogP contribution in [-0.4, -0.2) is 15.0 Å². The zero-order valence-corrected chi connectivity index (χ0v) is 16.8. The van der Waals surface area contributed by atoms with Crippen LogP contribution in [0.4, 0.5) is 28.7 Å². The van der Waals surface area contributed by atoms with Crippen LogP contribution in [0, 0.1) is 6.92 Å². The first kappa shape index (κ1) is 18.7. The topological polar surface area (TPSA) is 88.8 Å². The number of nitrogens with one attached hydrogen (secondary N) is 2. The van der Waals surface area contributed by atoms with Gasteiger partial charge in [-0.1, -0.05) is 44.2 Å². The molecule has 6 nitrogen and oxygen atoms in total. The number of fused-ring (bicyclic) bond motifs is 1. The molecule has 0 radical (unpaired) electrons. The molecule has 29 heavy (non-hydrogen) atoms. The Morgan fingerprint density at radius 1 is 0.862 bits per heavy atom. The number of anilines is 5. The van der Waals surface area contributed by atoms with Crippen LogP contribution in [0.5, 0.6) is 0 Å². The summed E-state index contributed by atoms with van der Waals surface area (Å²) in [5.41, 5.74) is 11.7. The summed E-state index contributed by atoms with van der Waals surface area (Å²) in [5.74, 6) is 1.59. The van der Waals surface area contributed by atoms with Crippen LogP contribution in [0.1, 0.15) is 31.0 Å². The van der Waals surface area contributed by atoms with Crippen LogP contribution < -0.4 is 16.4 Å². The Bertz CT molecular complexity index is 1150. The van der Waals surface area contributed by atoms with E-state index in [2.05, 4.69) is 57.6 Å². The molecule has 0 amide bonds.